The van der Waals surface area contributed by atoms with E-state index in [1.54, 1.807) is 11.8 Å². The van der Waals surface area contributed by atoms with Gasteiger partial charge in [0.2, 0.25) is 0 Å². The van der Waals surface area contributed by atoms with Gasteiger partial charge in [-0.3, -0.25) is 0 Å². The zero-order chi connectivity index (χ0) is 12.8. The van der Waals surface area contributed by atoms with Gasteiger partial charge in [-0.05, 0) is 37.9 Å². The first-order valence-corrected chi connectivity index (χ1v) is 6.09. The monoisotopic (exact) mass is 246 g/mol. The zero-order valence-corrected chi connectivity index (χ0v) is 10.5. The van der Waals surface area contributed by atoms with Gasteiger partial charge >= 0.3 is 0 Å². The Labute approximate surface area is 107 Å². The smallest absolute Gasteiger partial charge is 0.121 e. The van der Waals surface area contributed by atoms with E-state index in [2.05, 4.69) is 10.3 Å². The number of methoxy groups -OCH3 is 1. The predicted molar refractivity (Wildman–Crippen MR) is 69.9 cm³/mol. The standard InChI is InChI=1S/C13H18N4O/c1-18-13-7-4-6-12(9-13)17-10-11(15-16-17)5-2-3-8-14/h4,6-7,9-10H,2-3,5,8,14H2,1H3. The van der Waals surface area contributed by atoms with Crippen molar-refractivity contribution in [2.24, 2.45) is 5.73 Å². The second kappa shape index (κ2) is 6.16. The lowest BCUT2D eigenvalue weighted by Crippen LogP contribution is -1.99. The number of aryl methyl sites for hydroxylation is 1. The Bertz CT molecular complexity index is 495. The van der Waals surface area contributed by atoms with Crippen LogP contribution < -0.4 is 10.5 Å². The average molecular weight is 246 g/mol. The summed E-state index contributed by atoms with van der Waals surface area (Å²) in [5.41, 5.74) is 7.41. The Kier molecular flexibility index (Phi) is 4.30. The SMILES string of the molecule is COc1cccc(-n2cc(CCCCN)nn2)c1. The fourth-order valence-electron chi connectivity index (χ4n) is 1.74. The Morgan fingerprint density at radius 2 is 2.22 bits per heavy atom. The molecule has 1 aromatic heterocycles. The lowest BCUT2D eigenvalue weighted by Gasteiger charge is -2.02. The van der Waals surface area contributed by atoms with E-state index in [1.165, 1.54) is 0 Å². The summed E-state index contributed by atoms with van der Waals surface area (Å²) in [6.45, 7) is 0.726. The van der Waals surface area contributed by atoms with Gasteiger partial charge in [-0.1, -0.05) is 11.3 Å². The van der Waals surface area contributed by atoms with E-state index < -0.39 is 0 Å². The van der Waals surface area contributed by atoms with Gasteiger partial charge in [-0.2, -0.15) is 0 Å². The molecule has 0 saturated heterocycles. The van der Waals surface area contributed by atoms with Gasteiger partial charge < -0.3 is 10.5 Å². The van der Waals surface area contributed by atoms with Crippen molar-refractivity contribution in [3.8, 4) is 11.4 Å². The zero-order valence-electron chi connectivity index (χ0n) is 10.5. The molecule has 0 unspecified atom stereocenters. The number of nitrogens with zero attached hydrogens (tertiary/aromatic N) is 3. The maximum absolute atomic E-state index is 5.47. The maximum Gasteiger partial charge on any atom is 0.121 e. The second-order valence-electron chi connectivity index (χ2n) is 4.10. The van der Waals surface area contributed by atoms with Crippen LogP contribution in [0.4, 0.5) is 0 Å². The highest BCUT2D eigenvalue weighted by Gasteiger charge is 2.03. The van der Waals surface area contributed by atoms with Crippen LogP contribution >= 0.6 is 0 Å². The molecule has 5 heteroatoms. The van der Waals surface area contributed by atoms with Crippen molar-refractivity contribution >= 4 is 0 Å². The number of aromatic nitrogens is 3. The molecule has 18 heavy (non-hydrogen) atoms. The molecular weight excluding hydrogens is 228 g/mol. The van der Waals surface area contributed by atoms with Gasteiger partial charge in [-0.15, -0.1) is 5.10 Å². The highest BCUT2D eigenvalue weighted by Crippen LogP contribution is 2.15. The van der Waals surface area contributed by atoms with Crippen LogP contribution in [-0.4, -0.2) is 28.6 Å². The van der Waals surface area contributed by atoms with E-state index in [0.717, 1.165) is 42.9 Å². The molecule has 0 amide bonds. The summed E-state index contributed by atoms with van der Waals surface area (Å²) in [5.74, 6) is 0.813. The van der Waals surface area contributed by atoms with Crippen molar-refractivity contribution in [2.45, 2.75) is 19.3 Å². The van der Waals surface area contributed by atoms with E-state index in [0.29, 0.717) is 0 Å². The van der Waals surface area contributed by atoms with Gasteiger partial charge in [0.1, 0.15) is 5.75 Å². The molecule has 0 aliphatic rings. The quantitative estimate of drug-likeness (QED) is 0.785. The van der Waals surface area contributed by atoms with Crippen LogP contribution in [-0.2, 0) is 6.42 Å². The molecule has 5 nitrogen and oxygen atoms in total. The number of hydrogen-bond acceptors (Lipinski definition) is 4. The summed E-state index contributed by atoms with van der Waals surface area (Å²) in [4.78, 5) is 0. The molecule has 0 aliphatic heterocycles. The molecule has 1 aromatic carbocycles. The molecule has 0 bridgehead atoms. The molecule has 2 aromatic rings. The van der Waals surface area contributed by atoms with E-state index in [1.807, 2.05) is 30.5 Å². The van der Waals surface area contributed by atoms with Crippen molar-refractivity contribution < 1.29 is 4.74 Å². The van der Waals surface area contributed by atoms with Crippen LogP contribution in [0.3, 0.4) is 0 Å². The first-order chi connectivity index (χ1) is 8.83. The van der Waals surface area contributed by atoms with Crippen LogP contribution in [0.5, 0.6) is 5.75 Å². The summed E-state index contributed by atoms with van der Waals surface area (Å²) in [6.07, 6.45) is 4.94. The Hall–Kier alpha value is -1.88. The van der Waals surface area contributed by atoms with Crippen molar-refractivity contribution in [3.05, 3.63) is 36.2 Å². The van der Waals surface area contributed by atoms with Crippen LogP contribution in [0.2, 0.25) is 0 Å². The molecule has 0 saturated carbocycles. The van der Waals surface area contributed by atoms with Crippen molar-refractivity contribution in [1.82, 2.24) is 15.0 Å². The average Bonchev–Trinajstić information content (AvgIpc) is 2.88. The van der Waals surface area contributed by atoms with Crippen LogP contribution in [0.1, 0.15) is 18.5 Å². The van der Waals surface area contributed by atoms with Crippen LogP contribution in [0, 0.1) is 0 Å². The Morgan fingerprint density at radius 3 is 3.00 bits per heavy atom. The number of nitrogens with two attached hydrogens (primary N) is 1. The van der Waals surface area contributed by atoms with E-state index in [-0.39, 0.29) is 0 Å². The van der Waals surface area contributed by atoms with Crippen molar-refractivity contribution in [2.75, 3.05) is 13.7 Å². The molecule has 0 fully saturated rings. The third-order valence-corrected chi connectivity index (χ3v) is 2.75. The topological polar surface area (TPSA) is 66.0 Å². The Morgan fingerprint density at radius 1 is 1.33 bits per heavy atom. The number of benzene rings is 1. The van der Waals surface area contributed by atoms with Crippen molar-refractivity contribution in [3.63, 3.8) is 0 Å². The largest absolute Gasteiger partial charge is 0.497 e. The predicted octanol–water partition coefficient (Wildman–Crippen LogP) is 1.56. The number of ether oxygens (including phenoxy) is 1. The molecule has 0 atom stereocenters. The molecular formula is C13H18N4O. The van der Waals surface area contributed by atoms with Gasteiger partial charge in [0, 0.05) is 6.07 Å². The van der Waals surface area contributed by atoms with Gasteiger partial charge in [0.25, 0.3) is 0 Å². The van der Waals surface area contributed by atoms with E-state index >= 15 is 0 Å². The summed E-state index contributed by atoms with van der Waals surface area (Å²) < 4.78 is 6.95. The molecule has 96 valence electrons. The van der Waals surface area contributed by atoms with E-state index in [4.69, 9.17) is 10.5 Å². The summed E-state index contributed by atoms with van der Waals surface area (Å²) >= 11 is 0. The minimum Gasteiger partial charge on any atom is -0.497 e. The lowest BCUT2D eigenvalue weighted by atomic mass is 10.2. The third-order valence-electron chi connectivity index (χ3n) is 2.75. The first kappa shape index (κ1) is 12.6. The molecule has 1 heterocycles. The Balaban J connectivity index is 2.08. The fraction of sp³-hybridized carbons (Fsp3) is 0.385. The molecule has 2 N–H and O–H groups in total. The molecule has 0 spiro atoms. The van der Waals surface area contributed by atoms with Gasteiger partial charge in [0.05, 0.1) is 24.7 Å². The normalized spacial score (nSPS) is 10.6. The highest BCUT2D eigenvalue weighted by molar-refractivity contribution is 5.38. The van der Waals surface area contributed by atoms with Crippen LogP contribution in [0.15, 0.2) is 30.5 Å². The highest BCUT2D eigenvalue weighted by atomic mass is 16.5. The summed E-state index contributed by atoms with van der Waals surface area (Å²) in [5, 5.41) is 8.27. The fourth-order valence-corrected chi connectivity index (χ4v) is 1.74. The van der Waals surface area contributed by atoms with Crippen LogP contribution in [0.25, 0.3) is 5.69 Å². The minimum absolute atomic E-state index is 0.726. The number of hydrogen-bond donors (Lipinski definition) is 1. The summed E-state index contributed by atoms with van der Waals surface area (Å²) in [6, 6.07) is 7.74. The number of rotatable bonds is 6. The van der Waals surface area contributed by atoms with E-state index in [9.17, 15) is 0 Å². The van der Waals surface area contributed by atoms with Gasteiger partial charge in [-0.25, -0.2) is 4.68 Å². The minimum atomic E-state index is 0.726. The van der Waals surface area contributed by atoms with Crippen molar-refractivity contribution in [1.29, 1.82) is 0 Å². The molecule has 2 rings (SSSR count). The lowest BCUT2D eigenvalue weighted by molar-refractivity contribution is 0.414. The summed E-state index contributed by atoms with van der Waals surface area (Å²) in [7, 11) is 1.65. The number of unbranched alkanes of at least 4 members (excludes halogenated alkanes) is 1. The maximum atomic E-state index is 5.47. The second-order valence-corrected chi connectivity index (χ2v) is 4.10. The first-order valence-electron chi connectivity index (χ1n) is 6.09. The third kappa shape index (κ3) is 3.07. The molecule has 0 aliphatic carbocycles. The molecule has 0 radical (unpaired) electrons. The van der Waals surface area contributed by atoms with Gasteiger partial charge in [0.15, 0.2) is 0 Å².